The molecule has 1 fully saturated rings. The number of nitrogens with zero attached hydrogens (tertiary/aromatic N) is 2. The Hall–Kier alpha value is -1.69. The zero-order chi connectivity index (χ0) is 13.9. The number of hydrogen-bond acceptors (Lipinski definition) is 5. The molecule has 104 valence electrons. The van der Waals surface area contributed by atoms with Crippen molar-refractivity contribution >= 4 is 11.5 Å². The second kappa shape index (κ2) is 5.52. The summed E-state index contributed by atoms with van der Waals surface area (Å²) in [6.45, 7) is 6.27. The van der Waals surface area contributed by atoms with Gasteiger partial charge in [-0.2, -0.15) is 0 Å². The molecule has 2 rings (SSSR count). The zero-order valence-electron chi connectivity index (χ0n) is 11.3. The van der Waals surface area contributed by atoms with Gasteiger partial charge in [0.25, 0.3) is 5.69 Å². The Balaban J connectivity index is 2.00. The van der Waals surface area contributed by atoms with E-state index in [9.17, 15) is 10.1 Å². The first-order valence-corrected chi connectivity index (χ1v) is 6.44. The van der Waals surface area contributed by atoms with E-state index in [2.05, 4.69) is 17.2 Å². The van der Waals surface area contributed by atoms with Gasteiger partial charge >= 0.3 is 0 Å². The lowest BCUT2D eigenvalue weighted by atomic mass is 9.82. The second-order valence-corrected chi connectivity index (χ2v) is 5.33. The van der Waals surface area contributed by atoms with Crippen LogP contribution in [-0.2, 0) is 4.74 Å². The van der Waals surface area contributed by atoms with Crippen LogP contribution in [0.2, 0.25) is 0 Å². The van der Waals surface area contributed by atoms with Crippen molar-refractivity contribution in [3.05, 3.63) is 27.9 Å². The van der Waals surface area contributed by atoms with Crippen LogP contribution in [0.4, 0.5) is 11.5 Å². The van der Waals surface area contributed by atoms with E-state index in [1.54, 1.807) is 13.0 Å². The van der Waals surface area contributed by atoms with Crippen molar-refractivity contribution < 1.29 is 9.66 Å². The Kier molecular flexibility index (Phi) is 3.99. The third kappa shape index (κ3) is 3.41. The molecule has 0 radical (unpaired) electrons. The van der Waals surface area contributed by atoms with Crippen LogP contribution in [0.3, 0.4) is 0 Å². The van der Waals surface area contributed by atoms with E-state index < -0.39 is 4.92 Å². The van der Waals surface area contributed by atoms with Crippen molar-refractivity contribution in [3.63, 3.8) is 0 Å². The summed E-state index contributed by atoms with van der Waals surface area (Å²) >= 11 is 0. The fourth-order valence-electron chi connectivity index (χ4n) is 2.19. The summed E-state index contributed by atoms with van der Waals surface area (Å²) in [7, 11) is 0. The molecule has 0 bridgehead atoms. The van der Waals surface area contributed by atoms with Crippen LogP contribution in [0.5, 0.6) is 0 Å². The van der Waals surface area contributed by atoms with Gasteiger partial charge in [0.2, 0.25) is 0 Å². The lowest BCUT2D eigenvalue weighted by Crippen LogP contribution is -2.33. The molecule has 0 amide bonds. The highest BCUT2D eigenvalue weighted by molar-refractivity contribution is 5.44. The predicted octanol–water partition coefficient (Wildman–Crippen LogP) is 2.53. The topological polar surface area (TPSA) is 77.3 Å². The number of anilines is 1. The van der Waals surface area contributed by atoms with Crippen molar-refractivity contribution in [1.29, 1.82) is 0 Å². The highest BCUT2D eigenvalue weighted by Gasteiger charge is 2.27. The number of aryl methyl sites for hydroxylation is 1. The molecule has 1 aliphatic rings. The van der Waals surface area contributed by atoms with Crippen LogP contribution in [0.25, 0.3) is 0 Å². The van der Waals surface area contributed by atoms with Crippen molar-refractivity contribution in [1.82, 2.24) is 4.98 Å². The summed E-state index contributed by atoms with van der Waals surface area (Å²) < 4.78 is 5.36. The summed E-state index contributed by atoms with van der Waals surface area (Å²) in [5.41, 5.74) is 0.699. The Morgan fingerprint density at radius 1 is 1.47 bits per heavy atom. The minimum absolute atomic E-state index is 0.0582. The van der Waals surface area contributed by atoms with Gasteiger partial charge in [-0.15, -0.1) is 0 Å². The third-order valence-corrected chi connectivity index (χ3v) is 3.65. The number of ether oxygens (including phenoxy) is 1. The van der Waals surface area contributed by atoms with Crippen LogP contribution in [0.15, 0.2) is 12.1 Å². The molecule has 1 N–H and O–H groups in total. The summed E-state index contributed by atoms with van der Waals surface area (Å²) in [6, 6.07) is 3.16. The van der Waals surface area contributed by atoms with Crippen LogP contribution >= 0.6 is 0 Å². The quantitative estimate of drug-likeness (QED) is 0.668. The molecule has 1 aliphatic heterocycles. The number of rotatable bonds is 4. The Bertz CT molecular complexity index is 470. The fourth-order valence-corrected chi connectivity index (χ4v) is 2.19. The molecule has 1 aromatic heterocycles. The highest BCUT2D eigenvalue weighted by Crippen LogP contribution is 2.30. The largest absolute Gasteiger partial charge is 0.381 e. The summed E-state index contributed by atoms with van der Waals surface area (Å²) in [5, 5.41) is 14.0. The van der Waals surface area contributed by atoms with Crippen molar-refractivity contribution in [2.45, 2.75) is 26.7 Å². The highest BCUT2D eigenvalue weighted by atomic mass is 16.6. The predicted molar refractivity (Wildman–Crippen MR) is 72.3 cm³/mol. The second-order valence-electron chi connectivity index (χ2n) is 5.33. The summed E-state index contributed by atoms with van der Waals surface area (Å²) in [4.78, 5) is 14.5. The van der Waals surface area contributed by atoms with Gasteiger partial charge in [0, 0.05) is 25.8 Å². The van der Waals surface area contributed by atoms with Gasteiger partial charge in [-0.3, -0.25) is 10.1 Å². The van der Waals surface area contributed by atoms with Gasteiger partial charge in [-0.1, -0.05) is 6.92 Å². The number of nitrogens with one attached hydrogen (secondary N) is 1. The standard InChI is InChI=1S/C13H19N3O3/c1-10-11(16(17)18)3-4-12(15-10)14-9-13(2)5-7-19-8-6-13/h3-4H,5-9H2,1-2H3,(H,14,15). The molecule has 2 heterocycles. The van der Waals surface area contributed by atoms with Gasteiger partial charge in [0.05, 0.1) is 4.92 Å². The van der Waals surface area contributed by atoms with E-state index in [0.29, 0.717) is 11.5 Å². The van der Waals surface area contributed by atoms with E-state index in [1.165, 1.54) is 6.07 Å². The molecule has 6 nitrogen and oxygen atoms in total. The third-order valence-electron chi connectivity index (χ3n) is 3.65. The average Bonchev–Trinajstić information content (AvgIpc) is 2.37. The molecule has 0 aliphatic carbocycles. The maximum absolute atomic E-state index is 10.7. The lowest BCUT2D eigenvalue weighted by molar-refractivity contribution is -0.385. The minimum atomic E-state index is -0.411. The Labute approximate surface area is 112 Å². The van der Waals surface area contributed by atoms with Crippen molar-refractivity contribution in [3.8, 4) is 0 Å². The number of hydrogen-bond donors (Lipinski definition) is 1. The molecule has 1 saturated heterocycles. The molecular formula is C13H19N3O3. The van der Waals surface area contributed by atoms with Crippen LogP contribution in [-0.4, -0.2) is 29.7 Å². The molecule has 0 saturated carbocycles. The number of pyridine rings is 1. The van der Waals surface area contributed by atoms with Crippen molar-refractivity contribution in [2.75, 3.05) is 25.1 Å². The fraction of sp³-hybridized carbons (Fsp3) is 0.615. The van der Waals surface area contributed by atoms with Gasteiger partial charge < -0.3 is 10.1 Å². The van der Waals surface area contributed by atoms with Crippen LogP contribution in [0.1, 0.15) is 25.5 Å². The zero-order valence-corrected chi connectivity index (χ0v) is 11.3. The van der Waals surface area contributed by atoms with E-state index in [1.807, 2.05) is 0 Å². The van der Waals surface area contributed by atoms with E-state index in [0.717, 1.165) is 32.6 Å². The number of aromatic nitrogens is 1. The van der Waals surface area contributed by atoms with Gasteiger partial charge in [0.15, 0.2) is 0 Å². The minimum Gasteiger partial charge on any atom is -0.381 e. The van der Waals surface area contributed by atoms with E-state index >= 15 is 0 Å². The molecule has 19 heavy (non-hydrogen) atoms. The maximum Gasteiger partial charge on any atom is 0.290 e. The van der Waals surface area contributed by atoms with E-state index in [-0.39, 0.29) is 11.1 Å². The molecule has 0 aromatic carbocycles. The normalized spacial score (nSPS) is 18.0. The number of nitro groups is 1. The van der Waals surface area contributed by atoms with E-state index in [4.69, 9.17) is 4.74 Å². The molecule has 0 spiro atoms. The molecule has 1 aromatic rings. The average molecular weight is 265 g/mol. The Morgan fingerprint density at radius 3 is 2.74 bits per heavy atom. The SMILES string of the molecule is Cc1nc(NCC2(C)CCOCC2)ccc1[N+](=O)[O-]. The first-order chi connectivity index (χ1) is 9.00. The van der Waals surface area contributed by atoms with Crippen molar-refractivity contribution in [2.24, 2.45) is 5.41 Å². The molecule has 6 heteroatoms. The summed E-state index contributed by atoms with van der Waals surface area (Å²) in [6.07, 6.45) is 2.04. The van der Waals surface area contributed by atoms with Gasteiger partial charge in [0.1, 0.15) is 11.5 Å². The van der Waals surface area contributed by atoms with Gasteiger partial charge in [-0.05, 0) is 31.2 Å². The lowest BCUT2D eigenvalue weighted by Gasteiger charge is -2.33. The smallest absolute Gasteiger partial charge is 0.290 e. The molecular weight excluding hydrogens is 246 g/mol. The summed E-state index contributed by atoms with van der Waals surface area (Å²) in [5.74, 6) is 0.691. The first kappa shape index (κ1) is 13.7. The molecule has 0 unspecified atom stereocenters. The maximum atomic E-state index is 10.7. The Morgan fingerprint density at radius 2 is 2.16 bits per heavy atom. The van der Waals surface area contributed by atoms with Crippen LogP contribution in [0, 0.1) is 22.5 Å². The van der Waals surface area contributed by atoms with Gasteiger partial charge in [-0.25, -0.2) is 4.98 Å². The monoisotopic (exact) mass is 265 g/mol. The first-order valence-electron chi connectivity index (χ1n) is 6.44. The molecule has 0 atom stereocenters. The van der Waals surface area contributed by atoms with Crippen LogP contribution < -0.4 is 5.32 Å².